The van der Waals surface area contributed by atoms with Gasteiger partial charge in [-0.15, -0.1) is 0 Å². The lowest BCUT2D eigenvalue weighted by atomic mass is 10.1. The SMILES string of the molecule is CC(C)N(C)Cc1ccccc1CNC(=O)c1ccc(CNC(N)=O)cc1. The zero-order valence-electron chi connectivity index (χ0n) is 16.2. The maximum absolute atomic E-state index is 12.4. The molecule has 0 aromatic heterocycles. The third-order valence-electron chi connectivity index (χ3n) is 4.54. The molecule has 0 saturated carbocycles. The van der Waals surface area contributed by atoms with E-state index in [4.69, 9.17) is 5.73 Å². The first-order valence-corrected chi connectivity index (χ1v) is 9.04. The van der Waals surface area contributed by atoms with Gasteiger partial charge in [-0.05, 0) is 49.7 Å². The van der Waals surface area contributed by atoms with Crippen LogP contribution in [0.1, 0.15) is 40.9 Å². The Morgan fingerprint density at radius 1 is 0.963 bits per heavy atom. The molecule has 0 spiro atoms. The second-order valence-corrected chi connectivity index (χ2v) is 6.87. The third-order valence-corrected chi connectivity index (χ3v) is 4.54. The van der Waals surface area contributed by atoms with E-state index in [-0.39, 0.29) is 5.91 Å². The van der Waals surface area contributed by atoms with E-state index in [1.165, 1.54) is 5.56 Å². The van der Waals surface area contributed by atoms with E-state index in [9.17, 15) is 9.59 Å². The number of nitrogens with one attached hydrogen (secondary N) is 2. The molecule has 0 saturated heterocycles. The molecular weight excluding hydrogens is 340 g/mol. The number of hydrogen-bond acceptors (Lipinski definition) is 3. The second kappa shape index (κ2) is 9.73. The van der Waals surface area contributed by atoms with Gasteiger partial charge in [-0.3, -0.25) is 9.69 Å². The van der Waals surface area contributed by atoms with Gasteiger partial charge in [0.25, 0.3) is 5.91 Å². The number of rotatable bonds is 8. The highest BCUT2D eigenvalue weighted by atomic mass is 16.2. The van der Waals surface area contributed by atoms with Gasteiger partial charge in [-0.2, -0.15) is 0 Å². The fourth-order valence-electron chi connectivity index (χ4n) is 2.58. The average molecular weight is 368 g/mol. The van der Waals surface area contributed by atoms with E-state index < -0.39 is 6.03 Å². The Balaban J connectivity index is 1.96. The summed E-state index contributed by atoms with van der Waals surface area (Å²) in [6, 6.07) is 15.1. The number of carbonyl (C=O) groups excluding carboxylic acids is 2. The molecule has 0 aliphatic carbocycles. The first-order valence-electron chi connectivity index (χ1n) is 9.04. The molecule has 144 valence electrons. The fourth-order valence-corrected chi connectivity index (χ4v) is 2.58. The highest BCUT2D eigenvalue weighted by Crippen LogP contribution is 2.13. The molecule has 0 unspecified atom stereocenters. The molecule has 0 radical (unpaired) electrons. The van der Waals surface area contributed by atoms with Crippen molar-refractivity contribution in [3.05, 3.63) is 70.8 Å². The van der Waals surface area contributed by atoms with E-state index >= 15 is 0 Å². The number of benzene rings is 2. The van der Waals surface area contributed by atoms with Gasteiger partial charge >= 0.3 is 6.03 Å². The molecule has 0 bridgehead atoms. The summed E-state index contributed by atoms with van der Waals surface area (Å²) in [5.74, 6) is -0.128. The maximum Gasteiger partial charge on any atom is 0.312 e. The number of primary amides is 1. The predicted octanol–water partition coefficient (Wildman–Crippen LogP) is 2.63. The van der Waals surface area contributed by atoms with Crippen LogP contribution in [0.25, 0.3) is 0 Å². The van der Waals surface area contributed by atoms with Gasteiger partial charge in [0.15, 0.2) is 0 Å². The van der Waals surface area contributed by atoms with Gasteiger partial charge in [-0.25, -0.2) is 4.79 Å². The molecule has 0 atom stereocenters. The lowest BCUT2D eigenvalue weighted by Gasteiger charge is -2.22. The maximum atomic E-state index is 12.4. The third kappa shape index (κ3) is 6.42. The smallest absolute Gasteiger partial charge is 0.312 e. The van der Waals surface area contributed by atoms with Crippen LogP contribution in [0.2, 0.25) is 0 Å². The molecule has 6 nitrogen and oxygen atoms in total. The summed E-state index contributed by atoms with van der Waals surface area (Å²) in [6.45, 7) is 5.98. The zero-order valence-corrected chi connectivity index (χ0v) is 16.2. The summed E-state index contributed by atoms with van der Waals surface area (Å²) in [4.78, 5) is 25.4. The Bertz CT molecular complexity index is 772. The average Bonchev–Trinajstić information content (AvgIpc) is 2.65. The highest BCUT2D eigenvalue weighted by molar-refractivity contribution is 5.94. The van der Waals surface area contributed by atoms with Crippen molar-refractivity contribution in [2.24, 2.45) is 5.73 Å². The van der Waals surface area contributed by atoms with Gasteiger partial charge in [0.1, 0.15) is 0 Å². The summed E-state index contributed by atoms with van der Waals surface area (Å²) in [5, 5.41) is 5.50. The van der Waals surface area contributed by atoms with Crippen LogP contribution in [0, 0.1) is 0 Å². The summed E-state index contributed by atoms with van der Waals surface area (Å²) < 4.78 is 0. The van der Waals surface area contributed by atoms with Crippen molar-refractivity contribution in [2.75, 3.05) is 7.05 Å². The fraction of sp³-hybridized carbons (Fsp3) is 0.333. The number of nitrogens with zero attached hydrogens (tertiary/aromatic N) is 1. The lowest BCUT2D eigenvalue weighted by Crippen LogP contribution is -2.28. The molecule has 0 heterocycles. The molecule has 0 aliphatic heterocycles. The van der Waals surface area contributed by atoms with E-state index in [1.807, 2.05) is 18.2 Å². The normalized spacial score (nSPS) is 10.9. The number of urea groups is 1. The number of carbonyl (C=O) groups is 2. The van der Waals surface area contributed by atoms with Gasteiger partial charge in [0, 0.05) is 31.2 Å². The van der Waals surface area contributed by atoms with Crippen LogP contribution in [0.3, 0.4) is 0 Å². The van der Waals surface area contributed by atoms with Crippen molar-refractivity contribution in [3.63, 3.8) is 0 Å². The summed E-state index contributed by atoms with van der Waals surface area (Å²) in [7, 11) is 2.09. The van der Waals surface area contributed by atoms with Crippen LogP contribution < -0.4 is 16.4 Å². The van der Waals surface area contributed by atoms with Crippen LogP contribution in [-0.2, 0) is 19.6 Å². The summed E-state index contributed by atoms with van der Waals surface area (Å²) in [5.41, 5.74) is 8.84. The topological polar surface area (TPSA) is 87.5 Å². The molecule has 6 heteroatoms. The highest BCUT2D eigenvalue weighted by Gasteiger charge is 2.10. The molecule has 4 N–H and O–H groups in total. The van der Waals surface area contributed by atoms with Crippen LogP contribution in [0.5, 0.6) is 0 Å². The van der Waals surface area contributed by atoms with Gasteiger partial charge in [0.05, 0.1) is 0 Å². The van der Waals surface area contributed by atoms with Gasteiger partial charge in [0.2, 0.25) is 0 Å². The number of nitrogens with two attached hydrogens (primary N) is 1. The molecule has 2 aromatic rings. The van der Waals surface area contributed by atoms with Gasteiger partial charge < -0.3 is 16.4 Å². The zero-order chi connectivity index (χ0) is 19.8. The van der Waals surface area contributed by atoms with Crippen molar-refractivity contribution >= 4 is 11.9 Å². The van der Waals surface area contributed by atoms with Gasteiger partial charge in [-0.1, -0.05) is 36.4 Å². The van der Waals surface area contributed by atoms with Crippen LogP contribution >= 0.6 is 0 Å². The van der Waals surface area contributed by atoms with Crippen LogP contribution in [-0.4, -0.2) is 29.9 Å². The molecule has 0 fully saturated rings. The van der Waals surface area contributed by atoms with Crippen molar-refractivity contribution in [1.29, 1.82) is 0 Å². The Morgan fingerprint density at radius 2 is 1.59 bits per heavy atom. The Morgan fingerprint density at radius 3 is 2.19 bits per heavy atom. The minimum atomic E-state index is -0.571. The first-order chi connectivity index (χ1) is 12.9. The Labute approximate surface area is 160 Å². The van der Waals surface area contributed by atoms with E-state index in [0.29, 0.717) is 24.7 Å². The standard InChI is InChI=1S/C21H28N4O2/c1-15(2)25(3)14-19-7-5-4-6-18(19)13-23-20(26)17-10-8-16(9-11-17)12-24-21(22)27/h4-11,15H,12-14H2,1-3H3,(H,23,26)(H3,22,24,27). The van der Waals surface area contributed by atoms with Crippen molar-refractivity contribution < 1.29 is 9.59 Å². The van der Waals surface area contributed by atoms with E-state index in [0.717, 1.165) is 17.7 Å². The first kappa shape index (κ1) is 20.5. The predicted molar refractivity (Wildman–Crippen MR) is 107 cm³/mol. The molecule has 2 aromatic carbocycles. The lowest BCUT2D eigenvalue weighted by molar-refractivity contribution is 0.0950. The molecule has 3 amide bonds. The second-order valence-electron chi connectivity index (χ2n) is 6.87. The minimum Gasteiger partial charge on any atom is -0.352 e. The summed E-state index contributed by atoms with van der Waals surface area (Å²) in [6.07, 6.45) is 0. The van der Waals surface area contributed by atoms with E-state index in [2.05, 4.69) is 42.5 Å². The largest absolute Gasteiger partial charge is 0.352 e. The molecular formula is C21H28N4O2. The van der Waals surface area contributed by atoms with E-state index in [1.54, 1.807) is 24.3 Å². The number of amides is 3. The Hall–Kier alpha value is -2.86. The summed E-state index contributed by atoms with van der Waals surface area (Å²) >= 11 is 0. The van der Waals surface area contributed by atoms with Crippen LogP contribution in [0.4, 0.5) is 4.79 Å². The molecule has 2 rings (SSSR count). The molecule has 27 heavy (non-hydrogen) atoms. The van der Waals surface area contributed by atoms with Crippen molar-refractivity contribution in [1.82, 2.24) is 15.5 Å². The van der Waals surface area contributed by atoms with Crippen LogP contribution in [0.15, 0.2) is 48.5 Å². The Kier molecular flexibility index (Phi) is 7.37. The number of hydrogen-bond donors (Lipinski definition) is 3. The monoisotopic (exact) mass is 368 g/mol. The van der Waals surface area contributed by atoms with Crippen molar-refractivity contribution in [2.45, 2.75) is 39.5 Å². The minimum absolute atomic E-state index is 0.128. The van der Waals surface area contributed by atoms with Crippen molar-refractivity contribution in [3.8, 4) is 0 Å². The molecule has 0 aliphatic rings. The quantitative estimate of drug-likeness (QED) is 0.669.